The molecule has 0 saturated heterocycles. The number of benzene rings is 1. The van der Waals surface area contributed by atoms with Crippen molar-refractivity contribution in [2.45, 2.75) is 18.8 Å². The van der Waals surface area contributed by atoms with Gasteiger partial charge in [-0.05, 0) is 25.0 Å². The van der Waals surface area contributed by atoms with Crippen LogP contribution in [0, 0.1) is 0 Å². The number of hydrogen-bond donors (Lipinski definition) is 1. The number of hydrogen-bond acceptors (Lipinski definition) is 3. The van der Waals surface area contributed by atoms with Crippen molar-refractivity contribution in [2.24, 2.45) is 0 Å². The summed E-state index contributed by atoms with van der Waals surface area (Å²) in [5, 5.41) is 3.37. The van der Waals surface area contributed by atoms with Gasteiger partial charge < -0.3 is 4.98 Å². The Balaban J connectivity index is 1.80. The fourth-order valence-corrected chi connectivity index (χ4v) is 2.96. The van der Waals surface area contributed by atoms with Gasteiger partial charge in [-0.2, -0.15) is 0 Å². The smallest absolute Gasteiger partial charge is 0.158 e. The topological polar surface area (TPSA) is 41.6 Å². The van der Waals surface area contributed by atoms with Gasteiger partial charge in [-0.1, -0.05) is 12.1 Å². The average Bonchev–Trinajstić information content (AvgIpc) is 2.94. The van der Waals surface area contributed by atoms with E-state index in [0.717, 1.165) is 28.5 Å². The van der Waals surface area contributed by atoms with Crippen LogP contribution < -0.4 is 0 Å². The van der Waals surface area contributed by atoms with Crippen molar-refractivity contribution < 1.29 is 0 Å². The number of nitrogens with one attached hydrogen (secondary N) is 1. The molecule has 4 heteroatoms. The predicted octanol–water partition coefficient (Wildman–Crippen LogP) is 3.56. The zero-order valence-electron chi connectivity index (χ0n) is 9.18. The lowest BCUT2D eigenvalue weighted by Gasteiger charge is -1.88. The van der Waals surface area contributed by atoms with Crippen LogP contribution in [0.15, 0.2) is 29.6 Å². The molecule has 1 aliphatic rings. The highest BCUT2D eigenvalue weighted by atomic mass is 32.1. The second kappa shape index (κ2) is 3.40. The molecule has 4 rings (SSSR count). The van der Waals surface area contributed by atoms with Gasteiger partial charge in [0, 0.05) is 11.3 Å². The molecule has 3 aromatic rings. The molecule has 0 spiro atoms. The Morgan fingerprint density at radius 3 is 2.88 bits per heavy atom. The summed E-state index contributed by atoms with van der Waals surface area (Å²) >= 11 is 1.75. The highest BCUT2D eigenvalue weighted by molar-refractivity contribution is 7.10. The number of imidazole rings is 1. The van der Waals surface area contributed by atoms with E-state index in [9.17, 15) is 0 Å². The van der Waals surface area contributed by atoms with Crippen molar-refractivity contribution >= 4 is 22.4 Å². The Kier molecular flexibility index (Phi) is 1.87. The molecule has 1 fully saturated rings. The van der Waals surface area contributed by atoms with Gasteiger partial charge in [-0.15, -0.1) is 11.3 Å². The van der Waals surface area contributed by atoms with Gasteiger partial charge in [0.05, 0.1) is 16.0 Å². The molecule has 0 bridgehead atoms. The molecule has 2 heterocycles. The van der Waals surface area contributed by atoms with Crippen molar-refractivity contribution in [1.82, 2.24) is 15.0 Å². The van der Waals surface area contributed by atoms with Crippen LogP contribution in [0.4, 0.5) is 0 Å². The molecule has 0 amide bonds. The zero-order valence-corrected chi connectivity index (χ0v) is 10.00. The van der Waals surface area contributed by atoms with Crippen LogP contribution >= 0.6 is 11.3 Å². The quantitative estimate of drug-likeness (QED) is 0.745. The van der Waals surface area contributed by atoms with Crippen LogP contribution in [0.2, 0.25) is 0 Å². The largest absolute Gasteiger partial charge is 0.337 e. The van der Waals surface area contributed by atoms with Crippen LogP contribution in [0.25, 0.3) is 22.6 Å². The molecule has 1 aliphatic carbocycles. The SMILES string of the molecule is c1ccc2[nH]c(-c3csc(C4CC4)n3)nc2c1. The molecule has 0 aliphatic heterocycles. The van der Waals surface area contributed by atoms with Crippen molar-refractivity contribution in [2.75, 3.05) is 0 Å². The van der Waals surface area contributed by atoms with E-state index in [4.69, 9.17) is 0 Å². The number of nitrogens with zero attached hydrogens (tertiary/aromatic N) is 2. The molecule has 84 valence electrons. The number of para-hydroxylation sites is 2. The Hall–Kier alpha value is -1.68. The van der Waals surface area contributed by atoms with E-state index >= 15 is 0 Å². The monoisotopic (exact) mass is 241 g/mol. The standard InChI is InChI=1S/C13H11N3S/c1-2-4-10-9(3-1)14-12(15-10)11-7-17-13(16-11)8-5-6-8/h1-4,7-8H,5-6H2,(H,14,15). The first-order chi connectivity index (χ1) is 8.40. The lowest BCUT2D eigenvalue weighted by Crippen LogP contribution is -1.82. The van der Waals surface area contributed by atoms with Crippen LogP contribution in [0.1, 0.15) is 23.8 Å². The number of aromatic nitrogens is 3. The molecule has 0 unspecified atom stereocenters. The van der Waals surface area contributed by atoms with Crippen LogP contribution in [0.5, 0.6) is 0 Å². The molecule has 17 heavy (non-hydrogen) atoms. The van der Waals surface area contributed by atoms with E-state index in [0.29, 0.717) is 0 Å². The number of rotatable bonds is 2. The van der Waals surface area contributed by atoms with Gasteiger partial charge in [-0.25, -0.2) is 9.97 Å². The van der Waals surface area contributed by atoms with Gasteiger partial charge in [0.1, 0.15) is 5.69 Å². The van der Waals surface area contributed by atoms with Gasteiger partial charge in [-0.3, -0.25) is 0 Å². The molecule has 0 radical (unpaired) electrons. The Labute approximate surface area is 103 Å². The summed E-state index contributed by atoms with van der Waals surface area (Å²) < 4.78 is 0. The normalized spacial score (nSPS) is 15.5. The van der Waals surface area contributed by atoms with E-state index in [1.807, 2.05) is 24.3 Å². The predicted molar refractivity (Wildman–Crippen MR) is 69.2 cm³/mol. The van der Waals surface area contributed by atoms with Gasteiger partial charge in [0.2, 0.25) is 0 Å². The first-order valence-corrected chi connectivity index (χ1v) is 6.69. The second-order valence-electron chi connectivity index (χ2n) is 4.45. The maximum Gasteiger partial charge on any atom is 0.158 e. The fraction of sp³-hybridized carbons (Fsp3) is 0.231. The summed E-state index contributed by atoms with van der Waals surface area (Å²) in [5.41, 5.74) is 3.06. The van der Waals surface area contributed by atoms with Crippen molar-refractivity contribution in [3.63, 3.8) is 0 Å². The first kappa shape index (κ1) is 9.36. The summed E-state index contributed by atoms with van der Waals surface area (Å²) in [7, 11) is 0. The second-order valence-corrected chi connectivity index (χ2v) is 5.34. The summed E-state index contributed by atoms with van der Waals surface area (Å²) in [6.07, 6.45) is 2.60. The van der Waals surface area contributed by atoms with Crippen molar-refractivity contribution in [3.8, 4) is 11.5 Å². The van der Waals surface area contributed by atoms with Crippen molar-refractivity contribution in [3.05, 3.63) is 34.7 Å². The number of thiazole rings is 1. The molecule has 1 saturated carbocycles. The van der Waals surface area contributed by atoms with Gasteiger partial charge >= 0.3 is 0 Å². The minimum atomic E-state index is 0.720. The Morgan fingerprint density at radius 1 is 1.18 bits per heavy atom. The third kappa shape index (κ3) is 1.56. The molecule has 1 N–H and O–H groups in total. The molecule has 2 aromatic heterocycles. The summed E-state index contributed by atoms with van der Waals surface area (Å²) in [4.78, 5) is 12.5. The van der Waals surface area contributed by atoms with Gasteiger partial charge in [0.15, 0.2) is 5.82 Å². The third-order valence-electron chi connectivity index (χ3n) is 3.08. The maximum atomic E-state index is 4.66. The Morgan fingerprint density at radius 2 is 2.06 bits per heavy atom. The number of fused-ring (bicyclic) bond motifs is 1. The van der Waals surface area contributed by atoms with Crippen molar-refractivity contribution in [1.29, 1.82) is 0 Å². The lowest BCUT2D eigenvalue weighted by molar-refractivity contribution is 1.08. The van der Waals surface area contributed by atoms with E-state index < -0.39 is 0 Å². The van der Waals surface area contributed by atoms with E-state index in [-0.39, 0.29) is 0 Å². The lowest BCUT2D eigenvalue weighted by atomic mass is 10.3. The van der Waals surface area contributed by atoms with E-state index in [2.05, 4.69) is 20.3 Å². The first-order valence-electron chi connectivity index (χ1n) is 5.81. The van der Waals surface area contributed by atoms with Crippen LogP contribution in [-0.2, 0) is 0 Å². The van der Waals surface area contributed by atoms with Crippen LogP contribution in [-0.4, -0.2) is 15.0 Å². The van der Waals surface area contributed by atoms with E-state index in [1.54, 1.807) is 11.3 Å². The summed E-state index contributed by atoms with van der Waals surface area (Å²) in [6.45, 7) is 0. The zero-order chi connectivity index (χ0) is 11.2. The Bertz CT molecular complexity index is 646. The summed E-state index contributed by atoms with van der Waals surface area (Å²) in [6, 6.07) is 8.08. The minimum absolute atomic E-state index is 0.720. The average molecular weight is 241 g/mol. The highest BCUT2D eigenvalue weighted by Gasteiger charge is 2.27. The molecular formula is C13H11N3S. The fourth-order valence-electron chi connectivity index (χ4n) is 1.99. The van der Waals surface area contributed by atoms with Gasteiger partial charge in [0.25, 0.3) is 0 Å². The molecule has 1 aromatic carbocycles. The molecular weight excluding hydrogens is 230 g/mol. The van der Waals surface area contributed by atoms with E-state index in [1.165, 1.54) is 17.8 Å². The summed E-state index contributed by atoms with van der Waals surface area (Å²) in [5.74, 6) is 1.60. The minimum Gasteiger partial charge on any atom is -0.337 e. The maximum absolute atomic E-state index is 4.66. The third-order valence-corrected chi connectivity index (χ3v) is 4.09. The number of aromatic amines is 1. The highest BCUT2D eigenvalue weighted by Crippen LogP contribution is 2.42. The molecule has 0 atom stereocenters. The number of H-pyrrole nitrogens is 1. The van der Waals surface area contributed by atoms with Crippen LogP contribution in [0.3, 0.4) is 0 Å². The molecule has 3 nitrogen and oxygen atoms in total.